The summed E-state index contributed by atoms with van der Waals surface area (Å²) in [4.78, 5) is 23.5. The minimum atomic E-state index is -1.16. The van der Waals surface area contributed by atoms with E-state index < -0.39 is 5.97 Å². The minimum absolute atomic E-state index is 0.0703. The fraction of sp³-hybridized carbons (Fsp3) is 0.0476. The van der Waals surface area contributed by atoms with Crippen molar-refractivity contribution in [2.24, 2.45) is 0 Å². The molecule has 0 aliphatic rings. The summed E-state index contributed by atoms with van der Waals surface area (Å²) < 4.78 is 5.69. The lowest BCUT2D eigenvalue weighted by Gasteiger charge is -2.09. The van der Waals surface area contributed by atoms with Crippen LogP contribution < -0.4 is 10.1 Å². The maximum atomic E-state index is 12.3. The minimum Gasteiger partial charge on any atom is -0.489 e. The highest BCUT2D eigenvalue weighted by Gasteiger charge is 2.12. The standard InChI is InChI=1S/C21H16ClNO4/c22-19-11-8-16(12-18(19)21(25)26)23-20(24)15-6-9-17(10-7-15)27-13-14-4-2-1-3-5-14/h1-12H,13H2,(H,23,24)(H,25,26). The normalized spacial score (nSPS) is 10.3. The van der Waals surface area contributed by atoms with Gasteiger partial charge in [0, 0.05) is 11.3 Å². The zero-order valence-corrected chi connectivity index (χ0v) is 14.9. The highest BCUT2D eigenvalue weighted by Crippen LogP contribution is 2.21. The molecule has 0 saturated carbocycles. The van der Waals surface area contributed by atoms with Crippen LogP contribution in [-0.2, 0) is 6.61 Å². The molecular weight excluding hydrogens is 366 g/mol. The largest absolute Gasteiger partial charge is 0.489 e. The smallest absolute Gasteiger partial charge is 0.337 e. The molecule has 0 heterocycles. The van der Waals surface area contributed by atoms with E-state index >= 15 is 0 Å². The quantitative estimate of drug-likeness (QED) is 0.638. The predicted molar refractivity (Wildman–Crippen MR) is 104 cm³/mol. The van der Waals surface area contributed by atoms with Gasteiger partial charge in [0.25, 0.3) is 5.91 Å². The van der Waals surface area contributed by atoms with Crippen LogP contribution in [0.15, 0.2) is 72.8 Å². The molecule has 6 heteroatoms. The molecule has 0 bridgehead atoms. The van der Waals surface area contributed by atoms with Gasteiger partial charge in [-0.25, -0.2) is 4.79 Å². The van der Waals surface area contributed by atoms with Gasteiger partial charge in [-0.2, -0.15) is 0 Å². The van der Waals surface area contributed by atoms with Crippen LogP contribution in [0.3, 0.4) is 0 Å². The van der Waals surface area contributed by atoms with E-state index in [0.717, 1.165) is 5.56 Å². The highest BCUT2D eigenvalue weighted by atomic mass is 35.5. The van der Waals surface area contributed by atoms with Crippen molar-refractivity contribution in [1.29, 1.82) is 0 Å². The number of carbonyl (C=O) groups is 2. The second-order valence-electron chi connectivity index (χ2n) is 5.75. The molecule has 0 aliphatic heterocycles. The summed E-state index contributed by atoms with van der Waals surface area (Å²) in [5.74, 6) is -0.866. The Kier molecular flexibility index (Phi) is 5.74. The lowest BCUT2D eigenvalue weighted by molar-refractivity contribution is 0.0696. The molecule has 0 radical (unpaired) electrons. The van der Waals surface area contributed by atoms with Gasteiger partial charge < -0.3 is 15.2 Å². The monoisotopic (exact) mass is 381 g/mol. The van der Waals surface area contributed by atoms with E-state index in [4.69, 9.17) is 21.4 Å². The maximum Gasteiger partial charge on any atom is 0.337 e. The van der Waals surface area contributed by atoms with Gasteiger partial charge in [0.05, 0.1) is 10.6 Å². The lowest BCUT2D eigenvalue weighted by Crippen LogP contribution is -2.12. The number of anilines is 1. The zero-order valence-electron chi connectivity index (χ0n) is 14.2. The number of hydrogen-bond acceptors (Lipinski definition) is 3. The van der Waals surface area contributed by atoms with E-state index in [-0.39, 0.29) is 16.5 Å². The molecule has 1 amide bonds. The lowest BCUT2D eigenvalue weighted by atomic mass is 10.1. The molecule has 3 rings (SSSR count). The molecule has 0 unspecified atom stereocenters. The van der Waals surface area contributed by atoms with Crippen LogP contribution in [0.25, 0.3) is 0 Å². The highest BCUT2D eigenvalue weighted by molar-refractivity contribution is 6.33. The van der Waals surface area contributed by atoms with Crippen molar-refractivity contribution in [3.05, 3.63) is 94.5 Å². The molecule has 0 spiro atoms. The van der Waals surface area contributed by atoms with E-state index in [9.17, 15) is 9.59 Å². The van der Waals surface area contributed by atoms with Crippen molar-refractivity contribution >= 4 is 29.2 Å². The SMILES string of the molecule is O=C(Nc1ccc(Cl)c(C(=O)O)c1)c1ccc(OCc2ccccc2)cc1. The molecule has 3 aromatic carbocycles. The Morgan fingerprint density at radius 3 is 2.33 bits per heavy atom. The summed E-state index contributed by atoms with van der Waals surface area (Å²) >= 11 is 5.83. The topological polar surface area (TPSA) is 75.6 Å². The number of hydrogen-bond donors (Lipinski definition) is 2. The van der Waals surface area contributed by atoms with E-state index in [0.29, 0.717) is 23.6 Å². The van der Waals surface area contributed by atoms with E-state index in [1.807, 2.05) is 30.3 Å². The summed E-state index contributed by atoms with van der Waals surface area (Å²) in [5.41, 5.74) is 1.76. The first-order valence-corrected chi connectivity index (χ1v) is 8.52. The number of rotatable bonds is 6. The van der Waals surface area contributed by atoms with Crippen LogP contribution in [0.2, 0.25) is 5.02 Å². The number of ether oxygens (including phenoxy) is 1. The Labute approximate surface area is 161 Å². The fourth-order valence-electron chi connectivity index (χ4n) is 2.41. The third-order valence-corrected chi connectivity index (χ3v) is 4.15. The van der Waals surface area contributed by atoms with Gasteiger partial charge in [0.2, 0.25) is 0 Å². The van der Waals surface area contributed by atoms with Crippen LogP contribution in [0.1, 0.15) is 26.3 Å². The Hall–Kier alpha value is -3.31. The van der Waals surface area contributed by atoms with Gasteiger partial charge in [-0.05, 0) is 48.0 Å². The van der Waals surface area contributed by atoms with Gasteiger partial charge in [-0.15, -0.1) is 0 Å². The Morgan fingerprint density at radius 1 is 0.963 bits per heavy atom. The van der Waals surface area contributed by atoms with E-state index in [1.165, 1.54) is 12.1 Å². The van der Waals surface area contributed by atoms with Crippen molar-refractivity contribution in [2.45, 2.75) is 6.61 Å². The van der Waals surface area contributed by atoms with E-state index in [1.54, 1.807) is 30.3 Å². The first-order valence-electron chi connectivity index (χ1n) is 8.14. The number of carboxylic acid groups (broad SMARTS) is 1. The van der Waals surface area contributed by atoms with Crippen molar-refractivity contribution in [1.82, 2.24) is 0 Å². The molecule has 3 aromatic rings. The second kappa shape index (κ2) is 8.38. The van der Waals surface area contributed by atoms with Crippen molar-refractivity contribution in [3.63, 3.8) is 0 Å². The molecular formula is C21H16ClNO4. The van der Waals surface area contributed by atoms with Gasteiger partial charge in [0.1, 0.15) is 12.4 Å². The predicted octanol–water partition coefficient (Wildman–Crippen LogP) is 4.87. The van der Waals surface area contributed by atoms with Crippen LogP contribution in [0, 0.1) is 0 Å². The van der Waals surface area contributed by atoms with Crippen LogP contribution >= 0.6 is 11.6 Å². The Morgan fingerprint density at radius 2 is 1.67 bits per heavy atom. The summed E-state index contributed by atoms with van der Waals surface area (Å²) in [6.45, 7) is 0.440. The number of carbonyl (C=O) groups excluding carboxylic acids is 1. The molecule has 0 aromatic heterocycles. The summed E-state index contributed by atoms with van der Waals surface area (Å²) in [6.07, 6.45) is 0. The van der Waals surface area contributed by atoms with Crippen molar-refractivity contribution in [3.8, 4) is 5.75 Å². The van der Waals surface area contributed by atoms with Crippen molar-refractivity contribution in [2.75, 3.05) is 5.32 Å². The van der Waals surface area contributed by atoms with E-state index in [2.05, 4.69) is 5.32 Å². The first-order chi connectivity index (χ1) is 13.0. The number of nitrogens with one attached hydrogen (secondary N) is 1. The third kappa shape index (κ3) is 4.86. The first kappa shape index (κ1) is 18.5. The molecule has 27 heavy (non-hydrogen) atoms. The van der Waals surface area contributed by atoms with Crippen LogP contribution in [-0.4, -0.2) is 17.0 Å². The Balaban J connectivity index is 1.64. The van der Waals surface area contributed by atoms with Crippen LogP contribution in [0.5, 0.6) is 5.75 Å². The number of aromatic carboxylic acids is 1. The molecule has 0 fully saturated rings. The molecule has 136 valence electrons. The molecule has 0 atom stereocenters. The molecule has 0 saturated heterocycles. The van der Waals surface area contributed by atoms with Gasteiger partial charge in [-0.1, -0.05) is 41.9 Å². The third-order valence-electron chi connectivity index (χ3n) is 3.82. The molecule has 0 aliphatic carbocycles. The fourth-order valence-corrected chi connectivity index (χ4v) is 2.61. The van der Waals surface area contributed by atoms with Crippen molar-refractivity contribution < 1.29 is 19.4 Å². The number of carboxylic acids is 1. The summed E-state index contributed by atoms with van der Waals surface area (Å²) in [6, 6.07) is 20.8. The second-order valence-corrected chi connectivity index (χ2v) is 6.16. The summed E-state index contributed by atoms with van der Waals surface area (Å²) in [7, 11) is 0. The summed E-state index contributed by atoms with van der Waals surface area (Å²) in [5, 5.41) is 11.9. The average molecular weight is 382 g/mol. The molecule has 2 N–H and O–H groups in total. The zero-order chi connectivity index (χ0) is 19.2. The van der Waals surface area contributed by atoms with Gasteiger partial charge >= 0.3 is 5.97 Å². The maximum absolute atomic E-state index is 12.3. The van der Waals surface area contributed by atoms with Gasteiger partial charge in [0.15, 0.2) is 0 Å². The Bertz CT molecular complexity index is 956. The van der Waals surface area contributed by atoms with Gasteiger partial charge in [-0.3, -0.25) is 4.79 Å². The van der Waals surface area contributed by atoms with Crippen LogP contribution in [0.4, 0.5) is 5.69 Å². The number of halogens is 1. The number of amides is 1. The molecule has 5 nitrogen and oxygen atoms in total. The number of benzene rings is 3. The average Bonchev–Trinajstić information content (AvgIpc) is 2.69.